The summed E-state index contributed by atoms with van der Waals surface area (Å²) in [6.07, 6.45) is 2.77. The van der Waals surface area contributed by atoms with Gasteiger partial charge in [0.15, 0.2) is 5.82 Å². The summed E-state index contributed by atoms with van der Waals surface area (Å²) in [6, 6.07) is 59.2. The Bertz CT molecular complexity index is 3110. The molecule has 5 heteroatoms. The van der Waals surface area contributed by atoms with Gasteiger partial charge in [0.1, 0.15) is 0 Å². The van der Waals surface area contributed by atoms with Crippen LogP contribution in [0.25, 0.3) is 100 Å². The number of para-hydroxylation sites is 1. The Morgan fingerprint density at radius 1 is 0.421 bits per heavy atom. The minimum Gasteiger partial charge on any atom is -0.256 e. The van der Waals surface area contributed by atoms with Gasteiger partial charge >= 0.3 is 0 Å². The summed E-state index contributed by atoms with van der Waals surface area (Å²) in [5.74, 6) is 0.673. The molecule has 0 unspecified atom stereocenters. The molecule has 10 rings (SSSR count). The highest BCUT2D eigenvalue weighted by molar-refractivity contribution is 6.04. The molecule has 0 aliphatic heterocycles. The molecule has 0 atom stereocenters. The summed E-state index contributed by atoms with van der Waals surface area (Å²) < 4.78 is 0. The van der Waals surface area contributed by atoms with E-state index in [1.807, 2.05) is 30.5 Å². The minimum absolute atomic E-state index is 0.673. The lowest BCUT2D eigenvalue weighted by atomic mass is 9.98. The number of hydrogen-bond acceptors (Lipinski definition) is 5. The first-order valence-corrected chi connectivity index (χ1v) is 19.4. The van der Waals surface area contributed by atoms with E-state index < -0.39 is 0 Å². The van der Waals surface area contributed by atoms with Crippen molar-refractivity contribution in [2.45, 2.75) is 20.3 Å². The van der Waals surface area contributed by atoms with Gasteiger partial charge in [0.05, 0.1) is 33.6 Å². The first-order chi connectivity index (χ1) is 28.1. The number of nitrogens with zero attached hydrogens (tertiary/aromatic N) is 5. The van der Waals surface area contributed by atoms with E-state index in [9.17, 15) is 0 Å². The molecule has 0 spiro atoms. The van der Waals surface area contributed by atoms with Gasteiger partial charge < -0.3 is 0 Å². The molecule has 0 fully saturated rings. The number of aromatic nitrogens is 5. The quantitative estimate of drug-likeness (QED) is 0.153. The molecule has 4 aromatic heterocycles. The fourth-order valence-electron chi connectivity index (χ4n) is 7.80. The van der Waals surface area contributed by atoms with Crippen molar-refractivity contribution in [1.29, 1.82) is 0 Å². The van der Waals surface area contributed by atoms with Gasteiger partial charge in [-0.25, -0.2) is 15.0 Å². The van der Waals surface area contributed by atoms with Crippen LogP contribution in [0.5, 0.6) is 0 Å². The number of benzene rings is 6. The van der Waals surface area contributed by atoms with E-state index in [1.54, 1.807) is 0 Å². The van der Waals surface area contributed by atoms with Gasteiger partial charge in [0, 0.05) is 50.3 Å². The van der Waals surface area contributed by atoms with Crippen molar-refractivity contribution in [2.75, 3.05) is 0 Å². The van der Waals surface area contributed by atoms with Crippen LogP contribution >= 0.6 is 0 Å². The topological polar surface area (TPSA) is 64.5 Å². The maximum atomic E-state index is 5.21. The molecule has 57 heavy (non-hydrogen) atoms. The van der Waals surface area contributed by atoms with Gasteiger partial charge in [-0.15, -0.1) is 0 Å². The van der Waals surface area contributed by atoms with Crippen LogP contribution in [0.3, 0.4) is 0 Å². The summed E-state index contributed by atoms with van der Waals surface area (Å²) >= 11 is 0. The van der Waals surface area contributed by atoms with Crippen molar-refractivity contribution < 1.29 is 0 Å². The van der Waals surface area contributed by atoms with Crippen molar-refractivity contribution >= 4 is 32.7 Å². The molecule has 10 aromatic rings. The van der Waals surface area contributed by atoms with E-state index >= 15 is 0 Å². The van der Waals surface area contributed by atoms with E-state index in [1.165, 1.54) is 5.56 Å². The first-order valence-electron chi connectivity index (χ1n) is 19.4. The van der Waals surface area contributed by atoms with Crippen LogP contribution < -0.4 is 0 Å². The highest BCUT2D eigenvalue weighted by Gasteiger charge is 2.14. The van der Waals surface area contributed by atoms with Gasteiger partial charge in [0.2, 0.25) is 0 Å². The Labute approximate surface area is 331 Å². The highest BCUT2D eigenvalue weighted by atomic mass is 14.9. The second-order valence-electron chi connectivity index (χ2n) is 14.5. The maximum absolute atomic E-state index is 5.21. The van der Waals surface area contributed by atoms with Crippen LogP contribution in [0.2, 0.25) is 0 Å². The third-order valence-corrected chi connectivity index (χ3v) is 10.8. The van der Waals surface area contributed by atoms with E-state index in [-0.39, 0.29) is 0 Å². The Morgan fingerprint density at radius 3 is 1.93 bits per heavy atom. The number of fused-ring (bicyclic) bond motifs is 4. The number of hydrogen-bond donors (Lipinski definition) is 0. The van der Waals surface area contributed by atoms with E-state index in [0.717, 1.165) is 106 Å². The Hall–Kier alpha value is -7.37. The fraction of sp³-hybridized carbons (Fsp3) is 0.0577. The van der Waals surface area contributed by atoms with E-state index in [4.69, 9.17) is 19.9 Å². The average Bonchev–Trinajstić information content (AvgIpc) is 3.28. The van der Waals surface area contributed by atoms with E-state index in [2.05, 4.69) is 164 Å². The summed E-state index contributed by atoms with van der Waals surface area (Å²) in [5.41, 5.74) is 16.4. The second-order valence-corrected chi connectivity index (χ2v) is 14.5. The van der Waals surface area contributed by atoms with Crippen molar-refractivity contribution in [1.82, 2.24) is 24.9 Å². The molecule has 0 N–H and O–H groups in total. The SMILES string of the molecule is CCc1cc(C)c2ccc3ccc(-c4ccc(-c5cccc(-c6nc(-c7ccccc7)cc(-c7cccc(-c8ccnc9ccccc89)c7)n6)c5)cc4)nc3c2n1. The zero-order valence-electron chi connectivity index (χ0n) is 31.7. The molecule has 0 bridgehead atoms. The van der Waals surface area contributed by atoms with Gasteiger partial charge in [-0.05, 0) is 83.6 Å². The first kappa shape index (κ1) is 34.1. The number of pyridine rings is 3. The van der Waals surface area contributed by atoms with Crippen molar-refractivity contribution in [2.24, 2.45) is 0 Å². The van der Waals surface area contributed by atoms with Gasteiger partial charge in [-0.2, -0.15) is 0 Å². The second kappa shape index (κ2) is 14.4. The highest BCUT2D eigenvalue weighted by Crippen LogP contribution is 2.35. The maximum Gasteiger partial charge on any atom is 0.160 e. The normalized spacial score (nSPS) is 11.4. The average molecular weight is 732 g/mol. The molecule has 0 saturated carbocycles. The Morgan fingerprint density at radius 2 is 1.09 bits per heavy atom. The molecular formula is C52H37N5. The largest absolute Gasteiger partial charge is 0.256 e. The van der Waals surface area contributed by atoms with Crippen LogP contribution in [0.1, 0.15) is 18.2 Å². The van der Waals surface area contributed by atoms with Crippen molar-refractivity contribution in [3.8, 4) is 67.4 Å². The van der Waals surface area contributed by atoms with Gasteiger partial charge in [0.25, 0.3) is 0 Å². The molecule has 0 saturated heterocycles. The molecule has 0 aliphatic carbocycles. The number of rotatable bonds is 7. The molecule has 5 nitrogen and oxygen atoms in total. The summed E-state index contributed by atoms with van der Waals surface area (Å²) in [5, 5.41) is 3.36. The zero-order valence-corrected chi connectivity index (χ0v) is 31.7. The molecule has 0 aliphatic rings. The molecule has 4 heterocycles. The minimum atomic E-state index is 0.673. The predicted octanol–water partition coefficient (Wildman–Crippen LogP) is 13.0. The smallest absolute Gasteiger partial charge is 0.160 e. The summed E-state index contributed by atoms with van der Waals surface area (Å²) in [7, 11) is 0. The third kappa shape index (κ3) is 6.49. The fourth-order valence-corrected chi connectivity index (χ4v) is 7.80. The number of aryl methyl sites for hydroxylation is 2. The monoisotopic (exact) mass is 731 g/mol. The van der Waals surface area contributed by atoms with Crippen molar-refractivity contribution in [3.05, 3.63) is 187 Å². The molecule has 6 aromatic carbocycles. The molecule has 270 valence electrons. The van der Waals surface area contributed by atoms with Crippen LogP contribution in [0.15, 0.2) is 176 Å². The van der Waals surface area contributed by atoms with Gasteiger partial charge in [-0.1, -0.05) is 134 Å². The van der Waals surface area contributed by atoms with E-state index in [0.29, 0.717) is 5.82 Å². The lowest BCUT2D eigenvalue weighted by Gasteiger charge is -2.12. The molecular weight excluding hydrogens is 695 g/mol. The van der Waals surface area contributed by atoms with Gasteiger partial charge in [-0.3, -0.25) is 9.97 Å². The Kier molecular flexibility index (Phi) is 8.61. The predicted molar refractivity (Wildman–Crippen MR) is 235 cm³/mol. The molecule has 0 radical (unpaired) electrons. The van der Waals surface area contributed by atoms with Crippen molar-refractivity contribution in [3.63, 3.8) is 0 Å². The van der Waals surface area contributed by atoms with Crippen LogP contribution in [0, 0.1) is 6.92 Å². The molecule has 0 amide bonds. The van der Waals surface area contributed by atoms with Crippen LogP contribution in [0.4, 0.5) is 0 Å². The summed E-state index contributed by atoms with van der Waals surface area (Å²) in [4.78, 5) is 25.1. The third-order valence-electron chi connectivity index (χ3n) is 10.8. The standard InChI is InChI=1S/C52H37N5/c1-3-42-29-33(2)43-25-23-37-24-26-46(55-50(37)51(43)54-42)36-21-19-34(20-22-36)38-13-9-16-41(30-38)52-56-48(35-11-5-4-6-12-35)32-49(57-52)40-15-10-14-39(31-40)44-27-28-53-47-18-8-7-17-45(44)47/h4-32H,3H2,1-2H3. The van der Waals surface area contributed by atoms with Crippen LogP contribution in [-0.4, -0.2) is 24.9 Å². The zero-order chi connectivity index (χ0) is 38.3. The summed E-state index contributed by atoms with van der Waals surface area (Å²) in [6.45, 7) is 4.30. The lowest BCUT2D eigenvalue weighted by Crippen LogP contribution is -1.96. The van der Waals surface area contributed by atoms with Crippen LogP contribution in [-0.2, 0) is 6.42 Å². The lowest BCUT2D eigenvalue weighted by molar-refractivity contribution is 1.05. The Balaban J connectivity index is 1.01.